The summed E-state index contributed by atoms with van der Waals surface area (Å²) in [5.41, 5.74) is 1.23. The van der Waals surface area contributed by atoms with Crippen molar-refractivity contribution in [3.8, 4) is 0 Å². The van der Waals surface area contributed by atoms with Crippen molar-refractivity contribution in [3.05, 3.63) is 30.1 Å². The number of hydrogen-bond acceptors (Lipinski definition) is 1. The first kappa shape index (κ1) is 12.4. The molecule has 1 aromatic heterocycles. The van der Waals surface area contributed by atoms with E-state index in [0.29, 0.717) is 0 Å². The molecule has 0 aromatic carbocycles. The van der Waals surface area contributed by atoms with E-state index in [4.69, 9.17) is 0 Å². The van der Waals surface area contributed by atoms with Gasteiger partial charge < -0.3 is 0 Å². The van der Waals surface area contributed by atoms with Gasteiger partial charge >= 0.3 is 0 Å². The first-order valence-corrected chi connectivity index (χ1v) is 4.83. The number of nitrogens with zero attached hydrogens (tertiary/aromatic N) is 1. The van der Waals surface area contributed by atoms with Crippen LogP contribution in [-0.4, -0.2) is 4.98 Å². The molecule has 0 unspecified atom stereocenters. The van der Waals surface area contributed by atoms with E-state index >= 15 is 0 Å². The summed E-state index contributed by atoms with van der Waals surface area (Å²) in [6, 6.07) is 6.13. The molecule has 0 aliphatic rings. The standard InChI is InChI=1S/C11H17N.ClH/c1-2-3-4-5-8-11-9-6-7-10-12-11;/h6-7,9-10H,2-5,8H2,1H3;1H. The Morgan fingerprint density at radius 1 is 1.15 bits per heavy atom. The van der Waals surface area contributed by atoms with Crippen LogP contribution in [0.2, 0.25) is 0 Å². The summed E-state index contributed by atoms with van der Waals surface area (Å²) in [7, 11) is 0. The normalized spacial score (nSPS) is 9.31. The van der Waals surface area contributed by atoms with Crippen molar-refractivity contribution in [1.29, 1.82) is 0 Å². The highest BCUT2D eigenvalue weighted by atomic mass is 35.5. The largest absolute Gasteiger partial charge is 0.261 e. The molecule has 0 radical (unpaired) electrons. The minimum Gasteiger partial charge on any atom is -0.261 e. The minimum absolute atomic E-state index is 0. The number of halogens is 1. The van der Waals surface area contributed by atoms with Crippen LogP contribution in [0.25, 0.3) is 0 Å². The molecule has 1 rings (SSSR count). The summed E-state index contributed by atoms with van der Waals surface area (Å²) in [4.78, 5) is 4.28. The quantitative estimate of drug-likeness (QED) is 0.660. The zero-order valence-electron chi connectivity index (χ0n) is 8.20. The third kappa shape index (κ3) is 5.64. The van der Waals surface area contributed by atoms with Crippen LogP contribution in [0.3, 0.4) is 0 Å². The summed E-state index contributed by atoms with van der Waals surface area (Å²) < 4.78 is 0. The molecule has 1 heterocycles. The second-order valence-electron chi connectivity index (χ2n) is 3.13. The Morgan fingerprint density at radius 2 is 2.00 bits per heavy atom. The molecule has 1 nitrogen and oxygen atoms in total. The van der Waals surface area contributed by atoms with Crippen LogP contribution in [0.4, 0.5) is 0 Å². The fraction of sp³-hybridized carbons (Fsp3) is 0.545. The summed E-state index contributed by atoms with van der Waals surface area (Å²) in [6.45, 7) is 2.24. The van der Waals surface area contributed by atoms with Gasteiger partial charge in [0.05, 0.1) is 0 Å². The van der Waals surface area contributed by atoms with Gasteiger partial charge in [-0.3, -0.25) is 4.98 Å². The summed E-state index contributed by atoms with van der Waals surface area (Å²) in [5, 5.41) is 0. The fourth-order valence-corrected chi connectivity index (χ4v) is 1.28. The van der Waals surface area contributed by atoms with Gasteiger partial charge in [-0.25, -0.2) is 0 Å². The van der Waals surface area contributed by atoms with E-state index < -0.39 is 0 Å². The van der Waals surface area contributed by atoms with E-state index in [1.807, 2.05) is 12.3 Å². The fourth-order valence-electron chi connectivity index (χ4n) is 1.28. The lowest BCUT2D eigenvalue weighted by atomic mass is 10.1. The van der Waals surface area contributed by atoms with Crippen LogP contribution >= 0.6 is 12.4 Å². The minimum atomic E-state index is 0. The molecule has 0 N–H and O–H groups in total. The average molecular weight is 200 g/mol. The van der Waals surface area contributed by atoms with E-state index in [2.05, 4.69) is 24.0 Å². The number of pyridine rings is 1. The zero-order valence-corrected chi connectivity index (χ0v) is 9.02. The van der Waals surface area contributed by atoms with Gasteiger partial charge in [0.2, 0.25) is 0 Å². The number of hydrogen-bond donors (Lipinski definition) is 0. The van der Waals surface area contributed by atoms with Crippen molar-refractivity contribution in [3.63, 3.8) is 0 Å². The Labute approximate surface area is 87.0 Å². The Balaban J connectivity index is 0.00000144. The van der Waals surface area contributed by atoms with E-state index in [0.717, 1.165) is 6.42 Å². The molecule has 74 valence electrons. The maximum absolute atomic E-state index is 4.28. The monoisotopic (exact) mass is 199 g/mol. The Hall–Kier alpha value is -0.560. The highest BCUT2D eigenvalue weighted by Crippen LogP contribution is 2.04. The van der Waals surface area contributed by atoms with Gasteiger partial charge in [0.1, 0.15) is 0 Å². The molecule has 1 aromatic rings. The van der Waals surface area contributed by atoms with Gasteiger partial charge in [-0.15, -0.1) is 12.4 Å². The van der Waals surface area contributed by atoms with Crippen LogP contribution in [-0.2, 0) is 6.42 Å². The molecule has 0 saturated carbocycles. The van der Waals surface area contributed by atoms with Crippen LogP contribution < -0.4 is 0 Å². The van der Waals surface area contributed by atoms with Gasteiger partial charge in [0.15, 0.2) is 0 Å². The molecule has 13 heavy (non-hydrogen) atoms. The van der Waals surface area contributed by atoms with Crippen LogP contribution in [0.5, 0.6) is 0 Å². The molecular formula is C11H18ClN. The predicted molar refractivity (Wildman–Crippen MR) is 59.3 cm³/mol. The molecule has 0 bridgehead atoms. The molecule has 0 atom stereocenters. The van der Waals surface area contributed by atoms with Crippen molar-refractivity contribution in [2.45, 2.75) is 39.0 Å². The van der Waals surface area contributed by atoms with Gasteiger partial charge in [0, 0.05) is 11.9 Å². The number of aryl methyl sites for hydroxylation is 1. The molecule has 0 fully saturated rings. The Bertz CT molecular complexity index is 199. The van der Waals surface area contributed by atoms with Gasteiger partial charge in [-0.05, 0) is 25.0 Å². The molecule has 0 spiro atoms. The zero-order chi connectivity index (χ0) is 8.65. The SMILES string of the molecule is CCCCCCc1ccccn1.Cl. The Kier molecular flexibility index (Phi) is 7.71. The summed E-state index contributed by atoms with van der Waals surface area (Å²) in [6.07, 6.45) is 8.29. The highest BCUT2D eigenvalue weighted by molar-refractivity contribution is 5.85. The summed E-state index contributed by atoms with van der Waals surface area (Å²) in [5.74, 6) is 0. The predicted octanol–water partition coefficient (Wildman–Crippen LogP) is 3.63. The molecule has 2 heteroatoms. The lowest BCUT2D eigenvalue weighted by Gasteiger charge is -1.98. The van der Waals surface area contributed by atoms with Crippen LogP contribution in [0.1, 0.15) is 38.3 Å². The van der Waals surface area contributed by atoms with Crippen LogP contribution in [0.15, 0.2) is 24.4 Å². The first-order chi connectivity index (χ1) is 5.93. The maximum Gasteiger partial charge on any atom is 0.0403 e. The third-order valence-corrected chi connectivity index (χ3v) is 2.01. The third-order valence-electron chi connectivity index (χ3n) is 2.01. The molecular weight excluding hydrogens is 182 g/mol. The molecule has 0 saturated heterocycles. The number of unbranched alkanes of at least 4 members (excludes halogenated alkanes) is 3. The van der Waals surface area contributed by atoms with Crippen molar-refractivity contribution in [2.75, 3.05) is 0 Å². The van der Waals surface area contributed by atoms with Crippen molar-refractivity contribution in [2.24, 2.45) is 0 Å². The topological polar surface area (TPSA) is 12.9 Å². The lowest BCUT2D eigenvalue weighted by molar-refractivity contribution is 0.660. The number of aromatic nitrogens is 1. The number of rotatable bonds is 5. The van der Waals surface area contributed by atoms with Gasteiger partial charge in [0.25, 0.3) is 0 Å². The molecule has 0 aliphatic carbocycles. The first-order valence-electron chi connectivity index (χ1n) is 4.83. The van der Waals surface area contributed by atoms with Gasteiger partial charge in [-0.1, -0.05) is 32.3 Å². The van der Waals surface area contributed by atoms with Gasteiger partial charge in [-0.2, -0.15) is 0 Å². The second kappa shape index (κ2) is 8.06. The van der Waals surface area contributed by atoms with Crippen molar-refractivity contribution < 1.29 is 0 Å². The van der Waals surface area contributed by atoms with E-state index in [1.54, 1.807) is 0 Å². The average Bonchev–Trinajstić information content (AvgIpc) is 2.14. The molecule has 0 amide bonds. The Morgan fingerprint density at radius 3 is 2.62 bits per heavy atom. The maximum atomic E-state index is 4.28. The molecule has 0 aliphatic heterocycles. The smallest absolute Gasteiger partial charge is 0.0403 e. The lowest BCUT2D eigenvalue weighted by Crippen LogP contribution is -1.88. The van der Waals surface area contributed by atoms with E-state index in [-0.39, 0.29) is 12.4 Å². The van der Waals surface area contributed by atoms with E-state index in [9.17, 15) is 0 Å². The summed E-state index contributed by atoms with van der Waals surface area (Å²) >= 11 is 0. The highest BCUT2D eigenvalue weighted by Gasteiger charge is 1.91. The van der Waals surface area contributed by atoms with Crippen molar-refractivity contribution >= 4 is 12.4 Å². The van der Waals surface area contributed by atoms with Crippen molar-refractivity contribution in [1.82, 2.24) is 4.98 Å². The van der Waals surface area contributed by atoms with Crippen LogP contribution in [0, 0.1) is 0 Å². The second-order valence-corrected chi connectivity index (χ2v) is 3.13. The van der Waals surface area contributed by atoms with E-state index in [1.165, 1.54) is 31.4 Å².